The number of carbonyl (C=O) groups excluding carboxylic acids is 2. The molecule has 6 nitrogen and oxygen atoms in total. The molecule has 0 aliphatic heterocycles. The van der Waals surface area contributed by atoms with Crippen LogP contribution in [-0.4, -0.2) is 49.8 Å². The highest BCUT2D eigenvalue weighted by Gasteiger charge is 2.19. The molecular weight excluding hydrogens is 224 g/mol. The molecule has 1 atom stereocenters. The molecule has 100 valence electrons. The maximum Gasteiger partial charge on any atom is 0.408 e. The Morgan fingerprint density at radius 3 is 2.47 bits per heavy atom. The predicted octanol–water partition coefficient (Wildman–Crippen LogP) is 0.962. The number of rotatable bonds is 6. The van der Waals surface area contributed by atoms with Gasteiger partial charge < -0.3 is 19.7 Å². The van der Waals surface area contributed by atoms with E-state index in [4.69, 9.17) is 9.57 Å². The first-order valence-corrected chi connectivity index (χ1v) is 5.48. The van der Waals surface area contributed by atoms with Crippen LogP contribution in [-0.2, 0) is 14.4 Å². The fourth-order valence-electron chi connectivity index (χ4n) is 1.05. The third-order valence-electron chi connectivity index (χ3n) is 1.93. The van der Waals surface area contributed by atoms with Gasteiger partial charge in [0.25, 0.3) is 0 Å². The van der Waals surface area contributed by atoms with E-state index in [1.54, 1.807) is 32.9 Å². The van der Waals surface area contributed by atoms with Crippen molar-refractivity contribution in [3.8, 4) is 0 Å². The number of nitrogens with zero attached hydrogens (tertiary/aromatic N) is 1. The Hall–Kier alpha value is -1.14. The van der Waals surface area contributed by atoms with Crippen molar-refractivity contribution in [3.63, 3.8) is 0 Å². The molecule has 17 heavy (non-hydrogen) atoms. The molecular formula is C11H22N2O4. The molecule has 1 unspecified atom stereocenters. The topological polar surface area (TPSA) is 67.9 Å². The van der Waals surface area contributed by atoms with Crippen LogP contribution >= 0.6 is 0 Å². The van der Waals surface area contributed by atoms with Gasteiger partial charge in [0.1, 0.15) is 11.9 Å². The van der Waals surface area contributed by atoms with Crippen molar-refractivity contribution in [2.24, 2.45) is 0 Å². The summed E-state index contributed by atoms with van der Waals surface area (Å²) in [4.78, 5) is 27.1. The highest BCUT2D eigenvalue weighted by molar-refractivity contribution is 5.73. The van der Waals surface area contributed by atoms with Crippen LogP contribution in [0.4, 0.5) is 4.79 Å². The van der Waals surface area contributed by atoms with Gasteiger partial charge in [-0.05, 0) is 27.2 Å². The summed E-state index contributed by atoms with van der Waals surface area (Å²) >= 11 is 0. The molecule has 0 spiro atoms. The van der Waals surface area contributed by atoms with Gasteiger partial charge in [0.15, 0.2) is 0 Å². The van der Waals surface area contributed by atoms with Gasteiger partial charge in [-0.15, -0.1) is 0 Å². The summed E-state index contributed by atoms with van der Waals surface area (Å²) in [5, 5.41) is 4.07. The molecule has 0 aliphatic carbocycles. The molecule has 0 heterocycles. The summed E-state index contributed by atoms with van der Waals surface area (Å²) in [6.45, 7) is 5.83. The van der Waals surface area contributed by atoms with Crippen LogP contribution in [0.25, 0.3) is 0 Å². The fourth-order valence-corrected chi connectivity index (χ4v) is 1.05. The molecule has 0 aromatic rings. The summed E-state index contributed by atoms with van der Waals surface area (Å²) in [6.07, 6.45) is 0.565. The molecule has 0 aliphatic rings. The molecule has 6 heteroatoms. The number of hydroxylamine groups is 2. The van der Waals surface area contributed by atoms with Gasteiger partial charge in [-0.1, -0.05) is 0 Å². The van der Waals surface area contributed by atoms with Crippen molar-refractivity contribution in [1.29, 1.82) is 0 Å². The second kappa shape index (κ2) is 7.24. The van der Waals surface area contributed by atoms with Gasteiger partial charge in [-0.25, -0.2) is 4.79 Å². The van der Waals surface area contributed by atoms with E-state index in [2.05, 4.69) is 5.32 Å². The first-order valence-electron chi connectivity index (χ1n) is 5.48. The minimum atomic E-state index is -0.588. The Labute approximate surface area is 102 Å². The van der Waals surface area contributed by atoms with Crippen LogP contribution < -0.4 is 5.32 Å². The first kappa shape index (κ1) is 15.9. The number of aldehydes is 1. The van der Waals surface area contributed by atoms with E-state index in [1.807, 2.05) is 0 Å². The second-order valence-electron chi connectivity index (χ2n) is 4.71. The predicted molar refractivity (Wildman–Crippen MR) is 63.5 cm³/mol. The van der Waals surface area contributed by atoms with E-state index in [-0.39, 0.29) is 0 Å². The van der Waals surface area contributed by atoms with Crippen molar-refractivity contribution in [2.75, 3.05) is 20.7 Å². The van der Waals surface area contributed by atoms with E-state index in [1.165, 1.54) is 7.11 Å². The molecule has 0 aromatic heterocycles. The van der Waals surface area contributed by atoms with Crippen molar-refractivity contribution < 1.29 is 19.2 Å². The van der Waals surface area contributed by atoms with Gasteiger partial charge in [-0.2, -0.15) is 5.06 Å². The van der Waals surface area contributed by atoms with Gasteiger partial charge in [0.2, 0.25) is 0 Å². The normalized spacial score (nSPS) is 13.3. The number of amides is 1. The lowest BCUT2D eigenvalue weighted by Gasteiger charge is -2.22. The van der Waals surface area contributed by atoms with Gasteiger partial charge >= 0.3 is 6.09 Å². The quantitative estimate of drug-likeness (QED) is 0.558. The Morgan fingerprint density at radius 1 is 1.47 bits per heavy atom. The first-order chi connectivity index (χ1) is 7.78. The van der Waals surface area contributed by atoms with E-state index < -0.39 is 17.7 Å². The summed E-state index contributed by atoms with van der Waals surface area (Å²) in [6, 6.07) is -0.567. The van der Waals surface area contributed by atoms with Crippen LogP contribution in [0.3, 0.4) is 0 Å². The van der Waals surface area contributed by atoms with E-state index in [9.17, 15) is 9.59 Å². The van der Waals surface area contributed by atoms with Gasteiger partial charge in [0, 0.05) is 13.6 Å². The molecule has 0 radical (unpaired) electrons. The molecule has 0 saturated carbocycles. The second-order valence-corrected chi connectivity index (χ2v) is 4.71. The standard InChI is InChI=1S/C11H22N2O4/c1-11(2,3)17-10(15)12-9(8-14)6-7-13(4)16-5/h8-9H,6-7H2,1-5H3,(H,12,15). The summed E-state index contributed by atoms with van der Waals surface area (Å²) in [5.74, 6) is 0. The lowest BCUT2D eigenvalue weighted by molar-refractivity contribution is -0.116. The van der Waals surface area contributed by atoms with Crippen molar-refractivity contribution >= 4 is 12.4 Å². The van der Waals surface area contributed by atoms with E-state index in [0.717, 1.165) is 0 Å². The average molecular weight is 246 g/mol. The van der Waals surface area contributed by atoms with Crippen molar-refractivity contribution in [2.45, 2.75) is 38.8 Å². The zero-order valence-corrected chi connectivity index (χ0v) is 11.1. The van der Waals surface area contributed by atoms with Crippen LogP contribution in [0.5, 0.6) is 0 Å². The van der Waals surface area contributed by atoms with E-state index in [0.29, 0.717) is 19.3 Å². The van der Waals surface area contributed by atoms with Crippen LogP contribution in [0, 0.1) is 0 Å². The number of nitrogens with one attached hydrogen (secondary N) is 1. The lowest BCUT2D eigenvalue weighted by Crippen LogP contribution is -2.41. The Bertz CT molecular complexity index is 250. The maximum atomic E-state index is 11.4. The van der Waals surface area contributed by atoms with E-state index >= 15 is 0 Å². The third-order valence-corrected chi connectivity index (χ3v) is 1.93. The summed E-state index contributed by atoms with van der Waals surface area (Å²) < 4.78 is 5.05. The Kier molecular flexibility index (Phi) is 6.75. The SMILES string of the molecule is CON(C)CCC(C=O)NC(=O)OC(C)(C)C. The van der Waals surface area contributed by atoms with Gasteiger partial charge in [-0.3, -0.25) is 0 Å². The molecule has 0 saturated heterocycles. The van der Waals surface area contributed by atoms with Crippen molar-refractivity contribution in [3.05, 3.63) is 0 Å². The van der Waals surface area contributed by atoms with Crippen LogP contribution in [0.15, 0.2) is 0 Å². The maximum absolute atomic E-state index is 11.4. The minimum absolute atomic E-state index is 0.465. The Balaban J connectivity index is 4.04. The average Bonchev–Trinajstić information content (AvgIpc) is 2.20. The van der Waals surface area contributed by atoms with Crippen LogP contribution in [0.2, 0.25) is 0 Å². The minimum Gasteiger partial charge on any atom is -0.444 e. The zero-order valence-electron chi connectivity index (χ0n) is 11.1. The molecule has 1 N–H and O–H groups in total. The zero-order chi connectivity index (χ0) is 13.5. The monoisotopic (exact) mass is 246 g/mol. The Morgan fingerprint density at radius 2 is 2.06 bits per heavy atom. The molecule has 0 bridgehead atoms. The van der Waals surface area contributed by atoms with Gasteiger partial charge in [0.05, 0.1) is 13.2 Å². The van der Waals surface area contributed by atoms with Crippen molar-refractivity contribution in [1.82, 2.24) is 10.4 Å². The number of carbonyl (C=O) groups is 2. The third kappa shape index (κ3) is 8.65. The lowest BCUT2D eigenvalue weighted by atomic mass is 10.2. The number of alkyl carbamates (subject to hydrolysis) is 1. The molecule has 1 amide bonds. The molecule has 0 fully saturated rings. The summed E-state index contributed by atoms with van der Waals surface area (Å²) in [5.41, 5.74) is -0.569. The largest absolute Gasteiger partial charge is 0.444 e. The molecule has 0 aromatic carbocycles. The van der Waals surface area contributed by atoms with Crippen LogP contribution in [0.1, 0.15) is 27.2 Å². The number of hydrogen-bond acceptors (Lipinski definition) is 5. The highest BCUT2D eigenvalue weighted by atomic mass is 16.7. The molecule has 0 rings (SSSR count). The number of hydrogen-bond donors (Lipinski definition) is 1. The fraction of sp³-hybridized carbons (Fsp3) is 0.818. The summed E-state index contributed by atoms with van der Waals surface area (Å²) in [7, 11) is 3.28. The number of ether oxygens (including phenoxy) is 1. The smallest absolute Gasteiger partial charge is 0.408 e. The highest BCUT2D eigenvalue weighted by Crippen LogP contribution is 2.07.